The number of carbonyl (C=O) groups is 1. The SMILES string of the molecule is CN1CCN(c2ccc(C(=O)N=C(N)c3ccc(-c4c(F)c(F)cc(F)c4F)nc3N)cc2)CC1. The number of likely N-dealkylation sites (N-methyl/N-ethyl adjacent to an activating group) is 1. The summed E-state index contributed by atoms with van der Waals surface area (Å²) in [6, 6.07) is 9.32. The van der Waals surface area contributed by atoms with Crippen LogP contribution in [0.25, 0.3) is 11.3 Å². The zero-order chi connectivity index (χ0) is 25.3. The van der Waals surface area contributed by atoms with Crippen LogP contribution in [-0.4, -0.2) is 54.9 Å². The van der Waals surface area contributed by atoms with Gasteiger partial charge in [0, 0.05) is 43.5 Å². The third-order valence-corrected chi connectivity index (χ3v) is 5.77. The number of rotatable bonds is 4. The second-order valence-corrected chi connectivity index (χ2v) is 8.11. The second kappa shape index (κ2) is 9.71. The molecule has 1 aromatic heterocycles. The van der Waals surface area contributed by atoms with Crippen molar-refractivity contribution < 1.29 is 22.4 Å². The summed E-state index contributed by atoms with van der Waals surface area (Å²) < 4.78 is 55.3. The van der Waals surface area contributed by atoms with E-state index in [0.717, 1.165) is 37.9 Å². The molecule has 1 amide bonds. The third-order valence-electron chi connectivity index (χ3n) is 5.77. The fourth-order valence-electron chi connectivity index (χ4n) is 3.74. The number of nitrogens with zero attached hydrogens (tertiary/aromatic N) is 4. The Bertz CT molecular complexity index is 1280. The maximum absolute atomic E-state index is 14.1. The van der Waals surface area contributed by atoms with E-state index < -0.39 is 40.4 Å². The first-order valence-corrected chi connectivity index (χ1v) is 10.7. The molecule has 11 heteroatoms. The minimum atomic E-state index is -1.61. The van der Waals surface area contributed by atoms with Gasteiger partial charge in [-0.1, -0.05) is 0 Å². The summed E-state index contributed by atoms with van der Waals surface area (Å²) in [7, 11) is 2.06. The van der Waals surface area contributed by atoms with Gasteiger partial charge in [0.15, 0.2) is 23.3 Å². The lowest BCUT2D eigenvalue weighted by Crippen LogP contribution is -2.44. The number of benzene rings is 2. The predicted molar refractivity (Wildman–Crippen MR) is 125 cm³/mol. The highest BCUT2D eigenvalue weighted by atomic mass is 19.2. The van der Waals surface area contributed by atoms with Gasteiger partial charge in [-0.05, 0) is 43.4 Å². The standard InChI is InChI=1S/C24H22F4N6O/c1-33-8-10-34(11-9-33)14-4-2-13(3-5-14)24(35)32-23(30)15-6-7-18(31-22(15)29)19-20(27)16(25)12-17(26)21(19)28/h2-7,12H,8-11H2,1H3,(H2,29,31)(H2,30,32,35). The molecule has 4 rings (SSSR count). The normalized spacial score (nSPS) is 14.9. The van der Waals surface area contributed by atoms with Gasteiger partial charge in [0.05, 0.1) is 16.8 Å². The number of aromatic nitrogens is 1. The van der Waals surface area contributed by atoms with Gasteiger partial charge in [0.1, 0.15) is 11.7 Å². The monoisotopic (exact) mass is 486 g/mol. The first kappa shape index (κ1) is 24.1. The number of amidine groups is 1. The van der Waals surface area contributed by atoms with Crippen LogP contribution in [0.15, 0.2) is 47.5 Å². The molecule has 1 aliphatic heterocycles. The Kier molecular flexibility index (Phi) is 6.70. The molecule has 7 nitrogen and oxygen atoms in total. The van der Waals surface area contributed by atoms with Gasteiger partial charge >= 0.3 is 0 Å². The van der Waals surface area contributed by atoms with Crippen molar-refractivity contribution in [1.29, 1.82) is 0 Å². The van der Waals surface area contributed by atoms with Gasteiger partial charge < -0.3 is 21.3 Å². The Balaban J connectivity index is 1.55. The van der Waals surface area contributed by atoms with Crippen molar-refractivity contribution in [3.63, 3.8) is 0 Å². The summed E-state index contributed by atoms with van der Waals surface area (Å²) in [4.78, 5) is 24.7. The average Bonchev–Trinajstić information content (AvgIpc) is 2.83. The maximum atomic E-state index is 14.1. The van der Waals surface area contributed by atoms with Gasteiger partial charge in [-0.15, -0.1) is 0 Å². The van der Waals surface area contributed by atoms with Crippen LogP contribution >= 0.6 is 0 Å². The molecule has 0 saturated carbocycles. The number of nitrogen functional groups attached to an aromatic ring is 1. The molecule has 0 aliphatic carbocycles. The van der Waals surface area contributed by atoms with Crippen LogP contribution in [-0.2, 0) is 0 Å². The van der Waals surface area contributed by atoms with E-state index in [0.29, 0.717) is 5.56 Å². The topological polar surface area (TPSA) is 101 Å². The van der Waals surface area contributed by atoms with Crippen molar-refractivity contribution in [3.05, 3.63) is 76.9 Å². The highest BCUT2D eigenvalue weighted by Gasteiger charge is 2.22. The van der Waals surface area contributed by atoms with Crippen molar-refractivity contribution in [2.24, 2.45) is 10.7 Å². The van der Waals surface area contributed by atoms with Crippen LogP contribution in [0, 0.1) is 23.3 Å². The molecule has 182 valence electrons. The number of halogens is 4. The molecule has 0 bridgehead atoms. The Morgan fingerprint density at radius 3 is 2.11 bits per heavy atom. The van der Waals surface area contributed by atoms with E-state index in [1.165, 1.54) is 6.07 Å². The van der Waals surface area contributed by atoms with E-state index in [-0.39, 0.29) is 23.3 Å². The zero-order valence-electron chi connectivity index (χ0n) is 18.7. The van der Waals surface area contributed by atoms with E-state index in [9.17, 15) is 22.4 Å². The molecule has 2 aromatic carbocycles. The third kappa shape index (κ3) is 4.94. The molecular weight excluding hydrogens is 464 g/mol. The van der Waals surface area contributed by atoms with Crippen LogP contribution in [0.1, 0.15) is 15.9 Å². The summed E-state index contributed by atoms with van der Waals surface area (Å²) in [5.41, 5.74) is 11.6. The summed E-state index contributed by atoms with van der Waals surface area (Å²) >= 11 is 0. The number of nitrogens with two attached hydrogens (primary N) is 2. The van der Waals surface area contributed by atoms with E-state index in [1.807, 2.05) is 12.1 Å². The van der Waals surface area contributed by atoms with Crippen molar-refractivity contribution in [3.8, 4) is 11.3 Å². The molecule has 3 aromatic rings. The van der Waals surface area contributed by atoms with Crippen molar-refractivity contribution in [1.82, 2.24) is 9.88 Å². The minimum Gasteiger partial charge on any atom is -0.383 e. The summed E-state index contributed by atoms with van der Waals surface area (Å²) in [6.45, 7) is 3.66. The molecule has 0 spiro atoms. The lowest BCUT2D eigenvalue weighted by molar-refractivity contribution is 0.100. The Labute approximate surface area is 198 Å². The first-order chi connectivity index (χ1) is 16.7. The molecule has 4 N–H and O–H groups in total. The molecule has 2 heterocycles. The molecule has 1 aliphatic rings. The van der Waals surface area contributed by atoms with Crippen LogP contribution in [0.4, 0.5) is 29.1 Å². The maximum Gasteiger partial charge on any atom is 0.278 e. The summed E-state index contributed by atoms with van der Waals surface area (Å²) in [5.74, 6) is -7.60. The molecule has 0 atom stereocenters. The number of pyridine rings is 1. The van der Waals surface area contributed by atoms with Crippen LogP contribution in [0.3, 0.4) is 0 Å². The number of hydrogen-bond donors (Lipinski definition) is 2. The van der Waals surface area contributed by atoms with Crippen molar-refractivity contribution >= 4 is 23.2 Å². The highest BCUT2D eigenvalue weighted by Crippen LogP contribution is 2.29. The smallest absolute Gasteiger partial charge is 0.278 e. The van der Waals surface area contributed by atoms with E-state index in [2.05, 4.69) is 26.8 Å². The molecule has 1 saturated heterocycles. The largest absolute Gasteiger partial charge is 0.383 e. The molecule has 1 fully saturated rings. The highest BCUT2D eigenvalue weighted by molar-refractivity contribution is 6.10. The van der Waals surface area contributed by atoms with E-state index in [1.54, 1.807) is 12.1 Å². The van der Waals surface area contributed by atoms with Crippen molar-refractivity contribution in [2.75, 3.05) is 43.9 Å². The molecular formula is C24H22F4N6O. The zero-order valence-corrected chi connectivity index (χ0v) is 18.7. The van der Waals surface area contributed by atoms with Gasteiger partial charge in [0.2, 0.25) is 0 Å². The second-order valence-electron chi connectivity index (χ2n) is 8.11. The van der Waals surface area contributed by atoms with Crippen LogP contribution < -0.4 is 16.4 Å². The number of anilines is 2. The lowest BCUT2D eigenvalue weighted by Gasteiger charge is -2.34. The van der Waals surface area contributed by atoms with Crippen LogP contribution in [0.5, 0.6) is 0 Å². The summed E-state index contributed by atoms with van der Waals surface area (Å²) in [5, 5.41) is 0. The fraction of sp³-hybridized carbons (Fsp3) is 0.208. The van der Waals surface area contributed by atoms with Crippen LogP contribution in [0.2, 0.25) is 0 Å². The number of amides is 1. The Morgan fingerprint density at radius 2 is 1.54 bits per heavy atom. The van der Waals surface area contributed by atoms with E-state index >= 15 is 0 Å². The lowest BCUT2D eigenvalue weighted by atomic mass is 10.1. The number of hydrogen-bond acceptors (Lipinski definition) is 5. The van der Waals surface area contributed by atoms with Gasteiger partial charge in [-0.2, -0.15) is 4.99 Å². The number of aliphatic imine (C=N–C) groups is 1. The summed E-state index contributed by atoms with van der Waals surface area (Å²) in [6.07, 6.45) is 0. The van der Waals surface area contributed by atoms with Gasteiger partial charge in [-0.25, -0.2) is 22.5 Å². The minimum absolute atomic E-state index is 0.0221. The molecule has 35 heavy (non-hydrogen) atoms. The van der Waals surface area contributed by atoms with E-state index in [4.69, 9.17) is 11.5 Å². The Morgan fingerprint density at radius 1 is 0.943 bits per heavy atom. The Hall–Kier alpha value is -3.99. The van der Waals surface area contributed by atoms with Gasteiger partial charge in [-0.3, -0.25) is 4.79 Å². The number of piperazine rings is 1. The number of carbonyl (C=O) groups excluding carboxylic acids is 1. The van der Waals surface area contributed by atoms with Crippen molar-refractivity contribution in [2.45, 2.75) is 0 Å². The fourth-order valence-corrected chi connectivity index (χ4v) is 3.74. The molecule has 0 unspecified atom stereocenters. The average molecular weight is 486 g/mol. The first-order valence-electron chi connectivity index (χ1n) is 10.7. The molecule has 0 radical (unpaired) electrons. The predicted octanol–water partition coefficient (Wildman–Crippen LogP) is 3.18. The van der Waals surface area contributed by atoms with Gasteiger partial charge in [0.25, 0.3) is 5.91 Å². The quantitative estimate of drug-likeness (QED) is 0.254.